The molecule has 0 aliphatic heterocycles. The Bertz CT molecular complexity index is 1200. The first-order valence-corrected chi connectivity index (χ1v) is 8.62. The lowest BCUT2D eigenvalue weighted by molar-refractivity contribution is -0.137. The van der Waals surface area contributed by atoms with Gasteiger partial charge in [0.25, 0.3) is 0 Å². The average molecular weight is 423 g/mol. The third kappa shape index (κ3) is 3.97. The smallest absolute Gasteiger partial charge is 0.260 e. The molecule has 0 fully saturated rings. The molecule has 6 nitrogen and oxygen atoms in total. The van der Waals surface area contributed by atoms with Gasteiger partial charge in [-0.2, -0.15) is 18.3 Å². The van der Waals surface area contributed by atoms with E-state index in [2.05, 4.69) is 25.7 Å². The van der Waals surface area contributed by atoms with E-state index in [4.69, 9.17) is 11.6 Å². The quantitative estimate of drug-likeness (QED) is 0.489. The zero-order valence-electron chi connectivity index (χ0n) is 14.5. The SMILES string of the molecule is Fc1ccc(Cn2nc(/C=C/c3nnn[nH]3)c3ccc(C(F)(F)F)cc32)c(Cl)c1. The van der Waals surface area contributed by atoms with Gasteiger partial charge in [-0.05, 0) is 58.5 Å². The third-order valence-corrected chi connectivity index (χ3v) is 4.56. The minimum Gasteiger partial charge on any atom is -0.260 e. The van der Waals surface area contributed by atoms with Crippen LogP contribution in [0.25, 0.3) is 23.1 Å². The highest BCUT2D eigenvalue weighted by atomic mass is 35.5. The highest BCUT2D eigenvalue weighted by Crippen LogP contribution is 2.33. The second-order valence-electron chi connectivity index (χ2n) is 6.13. The van der Waals surface area contributed by atoms with Crippen molar-refractivity contribution in [1.82, 2.24) is 30.4 Å². The van der Waals surface area contributed by atoms with Crippen molar-refractivity contribution in [2.75, 3.05) is 0 Å². The summed E-state index contributed by atoms with van der Waals surface area (Å²) in [4.78, 5) is 0. The standard InChI is InChI=1S/C18H11ClF4N6/c19-14-8-12(20)3-1-10(14)9-29-16-7-11(18(21,22)23)2-4-13(16)15(26-29)5-6-17-24-27-28-25-17/h1-8H,9H2,(H,24,25,27,28)/b6-5+. The maximum absolute atomic E-state index is 13.3. The summed E-state index contributed by atoms with van der Waals surface area (Å²) in [5.41, 5.74) is 0.398. The number of hydrogen-bond donors (Lipinski definition) is 1. The van der Waals surface area contributed by atoms with Gasteiger partial charge in [-0.3, -0.25) is 4.68 Å². The van der Waals surface area contributed by atoms with Gasteiger partial charge in [0.05, 0.1) is 23.3 Å². The summed E-state index contributed by atoms with van der Waals surface area (Å²) < 4.78 is 54.3. The van der Waals surface area contributed by atoms with Crippen LogP contribution in [-0.2, 0) is 12.7 Å². The number of alkyl halides is 3. The number of aromatic nitrogens is 6. The van der Waals surface area contributed by atoms with Gasteiger partial charge in [0, 0.05) is 10.4 Å². The number of aromatic amines is 1. The molecule has 0 aliphatic carbocycles. The summed E-state index contributed by atoms with van der Waals surface area (Å²) in [6.07, 6.45) is -1.37. The van der Waals surface area contributed by atoms with E-state index in [0.717, 1.165) is 18.2 Å². The van der Waals surface area contributed by atoms with E-state index in [-0.39, 0.29) is 17.1 Å². The number of H-pyrrole nitrogens is 1. The molecule has 0 aliphatic rings. The van der Waals surface area contributed by atoms with E-state index in [0.29, 0.717) is 22.5 Å². The molecule has 1 N–H and O–H groups in total. The minimum atomic E-state index is -4.50. The Labute approximate surface area is 165 Å². The number of benzene rings is 2. The monoisotopic (exact) mass is 422 g/mol. The zero-order chi connectivity index (χ0) is 20.6. The third-order valence-electron chi connectivity index (χ3n) is 4.20. The molecule has 0 bridgehead atoms. The Morgan fingerprint density at radius 1 is 1.10 bits per heavy atom. The number of fused-ring (bicyclic) bond motifs is 1. The van der Waals surface area contributed by atoms with Gasteiger partial charge in [-0.1, -0.05) is 17.7 Å². The molecule has 0 saturated carbocycles. The Hall–Kier alpha value is -3.27. The van der Waals surface area contributed by atoms with Gasteiger partial charge in [0.1, 0.15) is 5.82 Å². The average Bonchev–Trinajstić information content (AvgIpc) is 3.29. The predicted molar refractivity (Wildman–Crippen MR) is 98.4 cm³/mol. The molecule has 0 radical (unpaired) electrons. The van der Waals surface area contributed by atoms with E-state index in [1.807, 2.05) is 0 Å². The van der Waals surface area contributed by atoms with Gasteiger partial charge in [-0.25, -0.2) is 9.49 Å². The maximum Gasteiger partial charge on any atom is 0.416 e. The number of halogens is 5. The minimum absolute atomic E-state index is 0.0641. The first kappa shape index (κ1) is 19.1. The number of tetrazole rings is 1. The van der Waals surface area contributed by atoms with Crippen LogP contribution in [0.2, 0.25) is 5.02 Å². The van der Waals surface area contributed by atoms with Gasteiger partial charge in [-0.15, -0.1) is 5.10 Å². The van der Waals surface area contributed by atoms with Gasteiger partial charge in [0.15, 0.2) is 5.82 Å². The van der Waals surface area contributed by atoms with Crippen molar-refractivity contribution < 1.29 is 17.6 Å². The maximum atomic E-state index is 13.3. The fraction of sp³-hybridized carbons (Fsp3) is 0.111. The molecule has 0 amide bonds. The Kier molecular flexibility index (Phi) is 4.79. The van der Waals surface area contributed by atoms with Crippen molar-refractivity contribution in [3.63, 3.8) is 0 Å². The molecule has 11 heteroatoms. The van der Waals surface area contributed by atoms with Crippen LogP contribution in [0, 0.1) is 5.82 Å². The van der Waals surface area contributed by atoms with Crippen LogP contribution < -0.4 is 0 Å². The highest BCUT2D eigenvalue weighted by molar-refractivity contribution is 6.31. The van der Waals surface area contributed by atoms with E-state index < -0.39 is 17.6 Å². The van der Waals surface area contributed by atoms with Crippen LogP contribution in [0.4, 0.5) is 17.6 Å². The predicted octanol–water partition coefficient (Wildman–Crippen LogP) is 4.58. The molecule has 148 valence electrons. The largest absolute Gasteiger partial charge is 0.416 e. The molecule has 0 saturated heterocycles. The van der Waals surface area contributed by atoms with Crippen molar-refractivity contribution in [2.24, 2.45) is 0 Å². The van der Waals surface area contributed by atoms with Crippen molar-refractivity contribution in [1.29, 1.82) is 0 Å². The van der Waals surface area contributed by atoms with Crippen molar-refractivity contribution in [3.8, 4) is 0 Å². The van der Waals surface area contributed by atoms with Crippen LogP contribution in [0.5, 0.6) is 0 Å². The molecular formula is C18H11ClF4N6. The molecule has 2 heterocycles. The van der Waals surface area contributed by atoms with Crippen LogP contribution >= 0.6 is 11.6 Å². The molecule has 2 aromatic carbocycles. The van der Waals surface area contributed by atoms with Gasteiger partial charge < -0.3 is 0 Å². The summed E-state index contributed by atoms with van der Waals surface area (Å²) in [5, 5.41) is 18.2. The second-order valence-corrected chi connectivity index (χ2v) is 6.54. The van der Waals surface area contributed by atoms with E-state index in [1.54, 1.807) is 12.2 Å². The normalized spacial score (nSPS) is 12.3. The lowest BCUT2D eigenvalue weighted by Gasteiger charge is -2.09. The van der Waals surface area contributed by atoms with Crippen LogP contribution in [0.3, 0.4) is 0 Å². The summed E-state index contributed by atoms with van der Waals surface area (Å²) >= 11 is 6.07. The van der Waals surface area contributed by atoms with E-state index >= 15 is 0 Å². The molecule has 29 heavy (non-hydrogen) atoms. The topological polar surface area (TPSA) is 72.3 Å². The summed E-state index contributed by atoms with van der Waals surface area (Å²) in [6, 6.07) is 7.20. The molecule has 0 spiro atoms. The number of nitrogens with one attached hydrogen (secondary N) is 1. The Morgan fingerprint density at radius 2 is 1.93 bits per heavy atom. The summed E-state index contributed by atoms with van der Waals surface area (Å²) in [6.45, 7) is 0.0641. The van der Waals surface area contributed by atoms with Crippen LogP contribution in [-0.4, -0.2) is 30.4 Å². The van der Waals surface area contributed by atoms with E-state index in [1.165, 1.54) is 22.9 Å². The summed E-state index contributed by atoms with van der Waals surface area (Å²) in [5.74, 6) is -0.145. The molecule has 4 rings (SSSR count). The zero-order valence-corrected chi connectivity index (χ0v) is 15.2. The van der Waals surface area contributed by atoms with Crippen molar-refractivity contribution in [3.05, 3.63) is 69.9 Å². The molecular weight excluding hydrogens is 412 g/mol. The fourth-order valence-electron chi connectivity index (χ4n) is 2.83. The molecule has 0 unspecified atom stereocenters. The summed E-state index contributed by atoms with van der Waals surface area (Å²) in [7, 11) is 0. The number of nitrogens with zero attached hydrogens (tertiary/aromatic N) is 5. The number of hydrogen-bond acceptors (Lipinski definition) is 4. The van der Waals surface area contributed by atoms with E-state index in [9.17, 15) is 17.6 Å². The van der Waals surface area contributed by atoms with Gasteiger partial charge >= 0.3 is 6.18 Å². The molecule has 2 aromatic heterocycles. The van der Waals surface area contributed by atoms with Crippen LogP contribution in [0.15, 0.2) is 36.4 Å². The Balaban J connectivity index is 1.82. The highest BCUT2D eigenvalue weighted by Gasteiger charge is 2.31. The first-order valence-electron chi connectivity index (χ1n) is 8.25. The van der Waals surface area contributed by atoms with Crippen LogP contribution in [0.1, 0.15) is 22.6 Å². The Morgan fingerprint density at radius 3 is 2.62 bits per heavy atom. The first-order chi connectivity index (χ1) is 13.8. The lowest BCUT2D eigenvalue weighted by atomic mass is 10.1. The number of rotatable bonds is 4. The molecule has 0 atom stereocenters. The second kappa shape index (κ2) is 7.28. The van der Waals surface area contributed by atoms with Crippen molar-refractivity contribution in [2.45, 2.75) is 12.7 Å². The van der Waals surface area contributed by atoms with Gasteiger partial charge in [0.2, 0.25) is 0 Å². The fourth-order valence-corrected chi connectivity index (χ4v) is 3.05. The lowest BCUT2D eigenvalue weighted by Crippen LogP contribution is -2.06. The van der Waals surface area contributed by atoms with Crippen molar-refractivity contribution >= 4 is 34.7 Å². The molecule has 4 aromatic rings.